The number of amides is 1. The summed E-state index contributed by atoms with van der Waals surface area (Å²) in [4.78, 5) is 11.8. The second kappa shape index (κ2) is 6.72. The van der Waals surface area contributed by atoms with Crippen LogP contribution in [0.15, 0.2) is 24.3 Å². The van der Waals surface area contributed by atoms with Crippen LogP contribution in [0, 0.1) is 0 Å². The zero-order valence-electron chi connectivity index (χ0n) is 12.1. The lowest BCUT2D eigenvalue weighted by Gasteiger charge is -2.38. The predicted molar refractivity (Wildman–Crippen MR) is 78.1 cm³/mol. The molecule has 0 atom stereocenters. The van der Waals surface area contributed by atoms with Crippen LogP contribution in [-0.2, 0) is 9.53 Å². The molecule has 20 heavy (non-hydrogen) atoms. The van der Waals surface area contributed by atoms with Crippen molar-refractivity contribution in [3.05, 3.63) is 24.3 Å². The van der Waals surface area contributed by atoms with Gasteiger partial charge in [-0.1, -0.05) is 6.92 Å². The highest BCUT2D eigenvalue weighted by molar-refractivity contribution is 5.91. The summed E-state index contributed by atoms with van der Waals surface area (Å²) in [6, 6.07) is 7.36. The van der Waals surface area contributed by atoms with Crippen molar-refractivity contribution < 1.29 is 14.3 Å². The zero-order valence-corrected chi connectivity index (χ0v) is 12.1. The Hall–Kier alpha value is -1.59. The zero-order chi connectivity index (χ0) is 14.4. The maximum atomic E-state index is 11.8. The molecule has 0 unspecified atom stereocenters. The molecule has 1 fully saturated rings. The number of hydrogen-bond donors (Lipinski definition) is 2. The van der Waals surface area contributed by atoms with Gasteiger partial charge >= 0.3 is 0 Å². The second-order valence-electron chi connectivity index (χ2n) is 5.26. The van der Waals surface area contributed by atoms with E-state index < -0.39 is 0 Å². The third kappa shape index (κ3) is 4.21. The number of carbonyl (C=O) groups excluding carboxylic acids is 1. The number of benzene rings is 1. The van der Waals surface area contributed by atoms with E-state index in [1.807, 2.05) is 31.2 Å². The maximum Gasteiger partial charge on any atom is 0.250 e. The van der Waals surface area contributed by atoms with Crippen molar-refractivity contribution in [2.75, 3.05) is 31.6 Å². The quantitative estimate of drug-likeness (QED) is 0.798. The summed E-state index contributed by atoms with van der Waals surface area (Å²) in [5, 5.41) is 5.93. The van der Waals surface area contributed by atoms with Gasteiger partial charge in [0.05, 0.1) is 12.2 Å². The number of nitrogens with one attached hydrogen (secondary N) is 2. The van der Waals surface area contributed by atoms with Gasteiger partial charge in [-0.05, 0) is 37.6 Å². The van der Waals surface area contributed by atoms with E-state index >= 15 is 0 Å². The minimum atomic E-state index is -0.199. The number of ether oxygens (including phenoxy) is 2. The van der Waals surface area contributed by atoms with Crippen molar-refractivity contribution in [1.29, 1.82) is 0 Å². The Balaban J connectivity index is 1.75. The average molecular weight is 278 g/mol. The third-order valence-corrected chi connectivity index (χ3v) is 3.16. The molecule has 1 aliphatic rings. The summed E-state index contributed by atoms with van der Waals surface area (Å²) in [5.74, 6) is 0.675. The third-order valence-electron chi connectivity index (χ3n) is 3.16. The van der Waals surface area contributed by atoms with Crippen molar-refractivity contribution in [2.45, 2.75) is 25.9 Å². The molecule has 1 aliphatic heterocycles. The van der Waals surface area contributed by atoms with Crippen molar-refractivity contribution >= 4 is 11.6 Å². The molecular formula is C15H22N2O3. The Morgan fingerprint density at radius 1 is 1.35 bits per heavy atom. The van der Waals surface area contributed by atoms with E-state index in [9.17, 15) is 4.79 Å². The van der Waals surface area contributed by atoms with E-state index in [0.29, 0.717) is 6.61 Å². The minimum absolute atomic E-state index is 0.0757. The smallest absolute Gasteiger partial charge is 0.250 e. The Bertz CT molecular complexity index is 441. The molecule has 0 bridgehead atoms. The lowest BCUT2D eigenvalue weighted by Crippen LogP contribution is -2.59. The fraction of sp³-hybridized carbons (Fsp3) is 0.533. The molecule has 1 amide bonds. The topological polar surface area (TPSA) is 59.6 Å². The van der Waals surface area contributed by atoms with Crippen LogP contribution in [-0.4, -0.2) is 37.8 Å². The molecule has 1 aromatic rings. The van der Waals surface area contributed by atoms with Crippen LogP contribution in [0.3, 0.4) is 0 Å². The molecule has 2 rings (SSSR count). The van der Waals surface area contributed by atoms with Crippen molar-refractivity contribution in [2.24, 2.45) is 0 Å². The SMILES string of the molecule is CCCOc1ccc(NC(=O)COC2(C)CNC2)cc1. The van der Waals surface area contributed by atoms with Gasteiger partial charge in [-0.15, -0.1) is 0 Å². The van der Waals surface area contributed by atoms with Gasteiger partial charge in [0, 0.05) is 18.8 Å². The predicted octanol–water partition coefficient (Wildman–Crippen LogP) is 1.79. The fourth-order valence-electron chi connectivity index (χ4n) is 1.87. The molecule has 1 aromatic carbocycles. The van der Waals surface area contributed by atoms with Crippen molar-refractivity contribution in [3.63, 3.8) is 0 Å². The average Bonchev–Trinajstić information content (AvgIpc) is 2.42. The molecule has 1 saturated heterocycles. The largest absolute Gasteiger partial charge is 0.494 e. The molecule has 0 spiro atoms. The van der Waals surface area contributed by atoms with E-state index in [4.69, 9.17) is 9.47 Å². The first-order chi connectivity index (χ1) is 9.61. The Morgan fingerprint density at radius 3 is 2.60 bits per heavy atom. The maximum absolute atomic E-state index is 11.8. The first-order valence-electron chi connectivity index (χ1n) is 6.99. The minimum Gasteiger partial charge on any atom is -0.494 e. The first-order valence-corrected chi connectivity index (χ1v) is 6.99. The van der Waals surface area contributed by atoms with Gasteiger partial charge in [0.1, 0.15) is 12.4 Å². The molecule has 0 aromatic heterocycles. The highest BCUT2D eigenvalue weighted by Gasteiger charge is 2.32. The van der Waals surface area contributed by atoms with Crippen molar-refractivity contribution in [3.8, 4) is 5.75 Å². The normalized spacial score (nSPS) is 16.3. The lowest BCUT2D eigenvalue weighted by atomic mass is 10.0. The van der Waals surface area contributed by atoms with Gasteiger partial charge < -0.3 is 20.1 Å². The van der Waals surface area contributed by atoms with Crippen LogP contribution in [0.25, 0.3) is 0 Å². The summed E-state index contributed by atoms with van der Waals surface area (Å²) < 4.78 is 11.1. The molecule has 110 valence electrons. The molecule has 0 saturated carbocycles. The fourth-order valence-corrected chi connectivity index (χ4v) is 1.87. The monoisotopic (exact) mass is 278 g/mol. The number of carbonyl (C=O) groups is 1. The number of rotatable bonds is 7. The van der Waals surface area contributed by atoms with Crippen LogP contribution < -0.4 is 15.4 Å². The highest BCUT2D eigenvalue weighted by Crippen LogP contribution is 2.17. The number of hydrogen-bond acceptors (Lipinski definition) is 4. The van der Waals surface area contributed by atoms with Gasteiger partial charge in [0.25, 0.3) is 0 Å². The van der Waals surface area contributed by atoms with Gasteiger partial charge in [-0.2, -0.15) is 0 Å². The Kier molecular flexibility index (Phi) is 4.98. The summed E-state index contributed by atoms with van der Waals surface area (Å²) in [7, 11) is 0. The first kappa shape index (κ1) is 14.8. The second-order valence-corrected chi connectivity index (χ2v) is 5.26. The molecule has 5 nitrogen and oxygen atoms in total. The highest BCUT2D eigenvalue weighted by atomic mass is 16.5. The molecule has 1 heterocycles. The van der Waals surface area contributed by atoms with E-state index in [1.165, 1.54) is 0 Å². The summed E-state index contributed by atoms with van der Waals surface area (Å²) in [6.45, 7) is 6.43. The lowest BCUT2D eigenvalue weighted by molar-refractivity contribution is -0.130. The van der Waals surface area contributed by atoms with Gasteiger partial charge in [-0.25, -0.2) is 0 Å². The van der Waals surface area contributed by atoms with E-state index in [-0.39, 0.29) is 18.1 Å². The molecule has 5 heteroatoms. The molecule has 0 aliphatic carbocycles. The van der Waals surface area contributed by atoms with E-state index in [2.05, 4.69) is 17.6 Å². The molecular weight excluding hydrogens is 256 g/mol. The summed E-state index contributed by atoms with van der Waals surface area (Å²) in [6.07, 6.45) is 0.976. The van der Waals surface area contributed by atoms with Crippen LogP contribution in [0.1, 0.15) is 20.3 Å². The van der Waals surface area contributed by atoms with Gasteiger partial charge in [0.2, 0.25) is 5.91 Å². The Morgan fingerprint density at radius 2 is 2.05 bits per heavy atom. The van der Waals surface area contributed by atoms with Crippen LogP contribution in [0.5, 0.6) is 5.75 Å². The summed E-state index contributed by atoms with van der Waals surface area (Å²) >= 11 is 0. The van der Waals surface area contributed by atoms with Crippen molar-refractivity contribution in [1.82, 2.24) is 5.32 Å². The summed E-state index contributed by atoms with van der Waals surface area (Å²) in [5.41, 5.74) is 0.550. The van der Waals surface area contributed by atoms with Crippen LogP contribution >= 0.6 is 0 Å². The Labute approximate surface area is 119 Å². The van der Waals surface area contributed by atoms with Crippen LogP contribution in [0.2, 0.25) is 0 Å². The molecule has 0 radical (unpaired) electrons. The molecule has 2 N–H and O–H groups in total. The van der Waals surface area contributed by atoms with E-state index in [1.54, 1.807) is 0 Å². The standard InChI is InChI=1S/C15H22N2O3/c1-3-8-19-13-6-4-12(5-7-13)17-14(18)9-20-15(2)10-16-11-15/h4-7,16H,3,8-11H2,1-2H3,(H,17,18). The van der Waals surface area contributed by atoms with Crippen LogP contribution in [0.4, 0.5) is 5.69 Å². The van der Waals surface area contributed by atoms with E-state index in [0.717, 1.165) is 30.9 Å². The number of anilines is 1. The van der Waals surface area contributed by atoms with Gasteiger partial charge in [-0.3, -0.25) is 4.79 Å². The van der Waals surface area contributed by atoms with Gasteiger partial charge in [0.15, 0.2) is 0 Å².